The van der Waals surface area contributed by atoms with Gasteiger partial charge in [-0.05, 0) is 38.1 Å². The molecule has 6 nitrogen and oxygen atoms in total. The van der Waals surface area contributed by atoms with Gasteiger partial charge >= 0.3 is 0 Å². The third-order valence-electron chi connectivity index (χ3n) is 3.58. The highest BCUT2D eigenvalue weighted by Crippen LogP contribution is 2.18. The number of aromatic nitrogens is 1. The highest BCUT2D eigenvalue weighted by molar-refractivity contribution is 7.89. The van der Waals surface area contributed by atoms with Gasteiger partial charge in [0.25, 0.3) is 0 Å². The molecule has 1 N–H and O–H groups in total. The van der Waals surface area contributed by atoms with E-state index in [-0.39, 0.29) is 22.5 Å². The molecular weight excluding hydrogens is 276 g/mol. The highest BCUT2D eigenvalue weighted by Gasteiger charge is 2.28. The van der Waals surface area contributed by atoms with Gasteiger partial charge in [-0.25, -0.2) is 18.1 Å². The molecule has 0 spiro atoms. The Morgan fingerprint density at radius 3 is 2.80 bits per heavy atom. The zero-order valence-electron chi connectivity index (χ0n) is 11.6. The average Bonchev–Trinajstić information content (AvgIpc) is 2.42. The predicted octanol–water partition coefficient (Wildman–Crippen LogP) is 0.572. The summed E-state index contributed by atoms with van der Waals surface area (Å²) in [5.74, 6) is 0.259. The average molecular weight is 294 g/mol. The maximum absolute atomic E-state index is 12.3. The summed E-state index contributed by atoms with van der Waals surface area (Å²) in [5.41, 5.74) is 0.205. The lowest BCUT2D eigenvalue weighted by Gasteiger charge is -2.34. The molecule has 0 aromatic carbocycles. The monoisotopic (exact) mass is 294 g/mol. The fourth-order valence-electron chi connectivity index (χ4n) is 2.40. The number of hydrogen-bond acceptors (Lipinski definition) is 5. The summed E-state index contributed by atoms with van der Waals surface area (Å²) < 4.78 is 27.3. The first-order chi connectivity index (χ1) is 9.42. The smallest absolute Gasteiger partial charge is 0.242 e. The van der Waals surface area contributed by atoms with E-state index in [1.54, 1.807) is 0 Å². The SMILES string of the molecule is CC1CN(C)CCC1NS(=O)(=O)c1ccc(C#N)nc1. The van der Waals surface area contributed by atoms with E-state index in [2.05, 4.69) is 14.6 Å². The number of hydrogen-bond donors (Lipinski definition) is 1. The minimum absolute atomic E-state index is 0.0631. The highest BCUT2D eigenvalue weighted by atomic mass is 32.2. The predicted molar refractivity (Wildman–Crippen MR) is 74.3 cm³/mol. The third-order valence-corrected chi connectivity index (χ3v) is 5.05. The maximum atomic E-state index is 12.3. The second-order valence-corrected chi connectivity index (χ2v) is 6.96. The molecule has 1 aliphatic heterocycles. The van der Waals surface area contributed by atoms with Gasteiger partial charge in [0, 0.05) is 18.8 Å². The van der Waals surface area contributed by atoms with Crippen LogP contribution in [0.5, 0.6) is 0 Å². The van der Waals surface area contributed by atoms with Crippen LogP contribution in [-0.2, 0) is 10.0 Å². The summed E-state index contributed by atoms with van der Waals surface area (Å²) in [6.45, 7) is 3.79. The molecule has 108 valence electrons. The normalized spacial score (nSPS) is 24.2. The zero-order chi connectivity index (χ0) is 14.8. The number of nitriles is 1. The van der Waals surface area contributed by atoms with Crippen molar-refractivity contribution in [2.24, 2.45) is 5.92 Å². The van der Waals surface area contributed by atoms with Crippen LogP contribution in [0.2, 0.25) is 0 Å². The van der Waals surface area contributed by atoms with Crippen LogP contribution in [0, 0.1) is 17.2 Å². The van der Waals surface area contributed by atoms with Crippen LogP contribution in [0.25, 0.3) is 0 Å². The molecule has 0 saturated carbocycles. The number of likely N-dealkylation sites (tertiary alicyclic amines) is 1. The van der Waals surface area contributed by atoms with Gasteiger partial charge in [-0.3, -0.25) is 0 Å². The molecule has 1 aromatic heterocycles. The molecule has 2 atom stereocenters. The van der Waals surface area contributed by atoms with Gasteiger partial charge < -0.3 is 4.90 Å². The summed E-state index contributed by atoms with van der Waals surface area (Å²) in [7, 11) is -1.54. The van der Waals surface area contributed by atoms with E-state index in [4.69, 9.17) is 5.26 Å². The molecule has 0 radical (unpaired) electrons. The van der Waals surface area contributed by atoms with Crippen LogP contribution < -0.4 is 4.72 Å². The quantitative estimate of drug-likeness (QED) is 0.881. The van der Waals surface area contributed by atoms with E-state index in [9.17, 15) is 8.42 Å². The first kappa shape index (κ1) is 14.9. The van der Waals surface area contributed by atoms with E-state index < -0.39 is 10.0 Å². The molecule has 0 aliphatic carbocycles. The van der Waals surface area contributed by atoms with Gasteiger partial charge in [0.15, 0.2) is 0 Å². The lowest BCUT2D eigenvalue weighted by atomic mass is 9.95. The van der Waals surface area contributed by atoms with Crippen molar-refractivity contribution in [3.05, 3.63) is 24.0 Å². The van der Waals surface area contributed by atoms with Gasteiger partial charge in [-0.15, -0.1) is 0 Å². The molecule has 0 bridgehead atoms. The van der Waals surface area contributed by atoms with Crippen LogP contribution in [0.15, 0.2) is 23.2 Å². The van der Waals surface area contributed by atoms with Gasteiger partial charge in [0.1, 0.15) is 16.7 Å². The van der Waals surface area contributed by atoms with E-state index in [1.165, 1.54) is 18.3 Å². The van der Waals surface area contributed by atoms with Crippen molar-refractivity contribution in [1.29, 1.82) is 5.26 Å². The van der Waals surface area contributed by atoms with Gasteiger partial charge in [-0.2, -0.15) is 5.26 Å². The molecule has 1 aliphatic rings. The lowest BCUT2D eigenvalue weighted by molar-refractivity contribution is 0.188. The molecule has 1 fully saturated rings. The van der Waals surface area contributed by atoms with Crippen molar-refractivity contribution in [2.75, 3.05) is 20.1 Å². The van der Waals surface area contributed by atoms with Crippen molar-refractivity contribution in [1.82, 2.24) is 14.6 Å². The lowest BCUT2D eigenvalue weighted by Crippen LogP contribution is -2.48. The van der Waals surface area contributed by atoms with Crippen molar-refractivity contribution in [3.8, 4) is 6.07 Å². The summed E-state index contributed by atoms with van der Waals surface area (Å²) in [4.78, 5) is 6.09. The van der Waals surface area contributed by atoms with Crippen molar-refractivity contribution in [3.63, 3.8) is 0 Å². The Labute approximate surface area is 119 Å². The largest absolute Gasteiger partial charge is 0.306 e. The topological polar surface area (TPSA) is 86.1 Å². The third kappa shape index (κ3) is 3.33. The second-order valence-electron chi connectivity index (χ2n) is 5.25. The standard InChI is InChI=1S/C13H18N4O2S/c1-10-9-17(2)6-5-13(10)16-20(18,19)12-4-3-11(7-14)15-8-12/h3-4,8,10,13,16H,5-6,9H2,1-2H3. The van der Waals surface area contributed by atoms with Crippen LogP contribution in [0.4, 0.5) is 0 Å². The molecule has 20 heavy (non-hydrogen) atoms. The molecule has 2 heterocycles. The van der Waals surface area contributed by atoms with E-state index in [1.807, 2.05) is 20.0 Å². The number of pyridine rings is 1. The Balaban J connectivity index is 2.12. The fourth-order valence-corrected chi connectivity index (χ4v) is 3.73. The van der Waals surface area contributed by atoms with E-state index in [0.29, 0.717) is 0 Å². The first-order valence-corrected chi connectivity index (χ1v) is 7.98. The first-order valence-electron chi connectivity index (χ1n) is 6.49. The minimum Gasteiger partial charge on any atom is -0.306 e. The number of nitrogens with zero attached hydrogens (tertiary/aromatic N) is 3. The van der Waals surface area contributed by atoms with Gasteiger partial charge in [-0.1, -0.05) is 6.92 Å². The molecule has 0 amide bonds. The van der Waals surface area contributed by atoms with E-state index >= 15 is 0 Å². The second kappa shape index (κ2) is 5.87. The van der Waals surface area contributed by atoms with E-state index in [0.717, 1.165) is 19.5 Å². The molecule has 7 heteroatoms. The van der Waals surface area contributed by atoms with Gasteiger partial charge in [0.05, 0.1) is 0 Å². The van der Waals surface area contributed by atoms with Gasteiger partial charge in [0.2, 0.25) is 10.0 Å². The summed E-state index contributed by atoms with van der Waals surface area (Å²) in [6, 6.07) is 4.62. The van der Waals surface area contributed by atoms with Crippen molar-refractivity contribution >= 4 is 10.0 Å². The van der Waals surface area contributed by atoms with Crippen LogP contribution >= 0.6 is 0 Å². The number of rotatable bonds is 3. The fraction of sp³-hybridized carbons (Fsp3) is 0.538. The molecule has 2 rings (SSSR count). The molecular formula is C13H18N4O2S. The maximum Gasteiger partial charge on any atom is 0.242 e. The Bertz CT molecular complexity index is 606. The Kier molecular flexibility index (Phi) is 4.38. The zero-order valence-corrected chi connectivity index (χ0v) is 12.4. The molecule has 1 saturated heterocycles. The Morgan fingerprint density at radius 1 is 1.50 bits per heavy atom. The number of sulfonamides is 1. The minimum atomic E-state index is -3.58. The van der Waals surface area contributed by atoms with Crippen LogP contribution in [-0.4, -0.2) is 44.5 Å². The Hall–Kier alpha value is -1.49. The van der Waals surface area contributed by atoms with Crippen LogP contribution in [0.1, 0.15) is 19.0 Å². The molecule has 1 aromatic rings. The number of piperidine rings is 1. The van der Waals surface area contributed by atoms with Crippen molar-refractivity contribution in [2.45, 2.75) is 24.3 Å². The Morgan fingerprint density at radius 2 is 2.25 bits per heavy atom. The molecule has 2 unspecified atom stereocenters. The number of nitrogens with one attached hydrogen (secondary N) is 1. The summed E-state index contributed by atoms with van der Waals surface area (Å²) >= 11 is 0. The van der Waals surface area contributed by atoms with Crippen molar-refractivity contribution < 1.29 is 8.42 Å². The summed E-state index contributed by atoms with van der Waals surface area (Å²) in [5, 5.41) is 8.67. The van der Waals surface area contributed by atoms with Crippen LogP contribution in [0.3, 0.4) is 0 Å². The summed E-state index contributed by atoms with van der Waals surface area (Å²) in [6.07, 6.45) is 2.01.